The van der Waals surface area contributed by atoms with E-state index in [1.165, 1.54) is 6.39 Å². The highest BCUT2D eigenvalue weighted by Crippen LogP contribution is 2.46. The Morgan fingerprint density at radius 1 is 1.53 bits per heavy atom. The largest absolute Gasteiger partial charge is 0.443 e. The molecule has 0 unspecified atom stereocenters. The molecule has 1 aliphatic carbocycles. The summed E-state index contributed by atoms with van der Waals surface area (Å²) in [5.41, 5.74) is 2.02. The molecule has 2 aromatic rings. The van der Waals surface area contributed by atoms with Crippen molar-refractivity contribution >= 4 is 17.0 Å². The van der Waals surface area contributed by atoms with Crippen LogP contribution in [0.5, 0.6) is 0 Å². The molecule has 3 rings (SSSR count). The number of nitrogens with zero attached hydrogens (tertiary/aromatic N) is 2. The van der Waals surface area contributed by atoms with Gasteiger partial charge in [0.15, 0.2) is 12.0 Å². The zero-order valence-electron chi connectivity index (χ0n) is 10.8. The molecule has 1 fully saturated rings. The van der Waals surface area contributed by atoms with Crippen LogP contribution in [0.3, 0.4) is 0 Å². The third-order valence-corrected chi connectivity index (χ3v) is 3.77. The molecule has 5 heteroatoms. The summed E-state index contributed by atoms with van der Waals surface area (Å²) in [5.74, 6) is 0.0210. The number of rotatable bonds is 4. The van der Waals surface area contributed by atoms with E-state index in [-0.39, 0.29) is 12.5 Å². The van der Waals surface area contributed by atoms with E-state index in [1.54, 1.807) is 11.9 Å². The Balaban J connectivity index is 1.75. The first kappa shape index (κ1) is 12.2. The minimum absolute atomic E-state index is 0.0210. The molecule has 1 saturated carbocycles. The van der Waals surface area contributed by atoms with Gasteiger partial charge in [-0.15, -0.1) is 0 Å². The molecule has 19 heavy (non-hydrogen) atoms. The van der Waals surface area contributed by atoms with Crippen molar-refractivity contribution in [3.63, 3.8) is 0 Å². The molecule has 1 aromatic carbocycles. The van der Waals surface area contributed by atoms with Crippen molar-refractivity contribution < 1.29 is 14.3 Å². The highest BCUT2D eigenvalue weighted by molar-refractivity contribution is 5.85. The maximum absolute atomic E-state index is 12.2. The van der Waals surface area contributed by atoms with E-state index in [0.717, 1.165) is 29.5 Å². The lowest BCUT2D eigenvalue weighted by molar-refractivity contribution is -0.137. The monoisotopic (exact) mass is 260 g/mol. The summed E-state index contributed by atoms with van der Waals surface area (Å²) in [6.45, 7) is 0.453. The van der Waals surface area contributed by atoms with Crippen LogP contribution in [0.15, 0.2) is 29.0 Å². The predicted octanol–water partition coefficient (Wildman–Crippen LogP) is 1.56. The molecule has 0 radical (unpaired) electrons. The average Bonchev–Trinajstić information content (AvgIpc) is 3.09. The lowest BCUT2D eigenvalue weighted by Crippen LogP contribution is -2.35. The van der Waals surface area contributed by atoms with E-state index < -0.39 is 5.41 Å². The van der Waals surface area contributed by atoms with Gasteiger partial charge in [0.1, 0.15) is 5.52 Å². The van der Waals surface area contributed by atoms with Crippen LogP contribution in [0, 0.1) is 5.41 Å². The maximum atomic E-state index is 12.2. The SMILES string of the molecule is CN(Cc1ccc2ncoc2c1)C(=O)C1(CO)CC1. The van der Waals surface area contributed by atoms with Crippen molar-refractivity contribution in [3.8, 4) is 0 Å². The van der Waals surface area contributed by atoms with Crippen molar-refractivity contribution in [1.29, 1.82) is 0 Å². The first-order valence-electron chi connectivity index (χ1n) is 6.33. The molecule has 0 saturated heterocycles. The predicted molar refractivity (Wildman–Crippen MR) is 69.2 cm³/mol. The lowest BCUT2D eigenvalue weighted by Gasteiger charge is -2.22. The van der Waals surface area contributed by atoms with Gasteiger partial charge in [0.2, 0.25) is 5.91 Å². The Kier molecular flexibility index (Phi) is 2.78. The molecule has 1 N–H and O–H groups in total. The van der Waals surface area contributed by atoms with Crippen LogP contribution >= 0.6 is 0 Å². The average molecular weight is 260 g/mol. The van der Waals surface area contributed by atoms with Crippen LogP contribution in [0.4, 0.5) is 0 Å². The quantitative estimate of drug-likeness (QED) is 0.906. The fraction of sp³-hybridized carbons (Fsp3) is 0.429. The molecule has 1 heterocycles. The van der Waals surface area contributed by atoms with Crippen LogP contribution in [-0.4, -0.2) is 34.6 Å². The fourth-order valence-electron chi connectivity index (χ4n) is 2.34. The van der Waals surface area contributed by atoms with E-state index in [1.807, 2.05) is 18.2 Å². The van der Waals surface area contributed by atoms with E-state index in [0.29, 0.717) is 6.54 Å². The van der Waals surface area contributed by atoms with Crippen molar-refractivity contribution in [2.24, 2.45) is 5.41 Å². The molecular formula is C14H16N2O3. The van der Waals surface area contributed by atoms with Gasteiger partial charge in [-0.3, -0.25) is 4.79 Å². The number of carbonyl (C=O) groups is 1. The normalized spacial score (nSPS) is 16.5. The molecule has 0 atom stereocenters. The van der Waals surface area contributed by atoms with Gasteiger partial charge in [0, 0.05) is 13.6 Å². The Bertz CT molecular complexity index is 616. The lowest BCUT2D eigenvalue weighted by atomic mass is 10.1. The van der Waals surface area contributed by atoms with Crippen LogP contribution in [0.2, 0.25) is 0 Å². The molecule has 0 bridgehead atoms. The highest BCUT2D eigenvalue weighted by Gasteiger charge is 2.50. The summed E-state index contributed by atoms with van der Waals surface area (Å²) >= 11 is 0. The van der Waals surface area contributed by atoms with Gasteiger partial charge in [0.25, 0.3) is 0 Å². The topological polar surface area (TPSA) is 66.6 Å². The molecule has 5 nitrogen and oxygen atoms in total. The van der Waals surface area contributed by atoms with Crippen LogP contribution in [0.1, 0.15) is 18.4 Å². The minimum Gasteiger partial charge on any atom is -0.443 e. The second kappa shape index (κ2) is 4.35. The third kappa shape index (κ3) is 2.10. The van der Waals surface area contributed by atoms with E-state index in [9.17, 15) is 9.90 Å². The molecule has 1 aliphatic rings. The van der Waals surface area contributed by atoms with Gasteiger partial charge in [0.05, 0.1) is 12.0 Å². The van der Waals surface area contributed by atoms with Crippen molar-refractivity contribution in [2.45, 2.75) is 19.4 Å². The summed E-state index contributed by atoms with van der Waals surface area (Å²) in [5, 5.41) is 9.28. The third-order valence-electron chi connectivity index (χ3n) is 3.77. The van der Waals surface area contributed by atoms with Crippen molar-refractivity contribution in [3.05, 3.63) is 30.2 Å². The Hall–Kier alpha value is -1.88. The van der Waals surface area contributed by atoms with E-state index in [2.05, 4.69) is 4.98 Å². The molecule has 0 spiro atoms. The second-order valence-corrected chi connectivity index (χ2v) is 5.25. The smallest absolute Gasteiger partial charge is 0.231 e. The molecular weight excluding hydrogens is 244 g/mol. The van der Waals surface area contributed by atoms with Gasteiger partial charge in [-0.1, -0.05) is 6.07 Å². The van der Waals surface area contributed by atoms with Crippen molar-refractivity contribution in [2.75, 3.05) is 13.7 Å². The van der Waals surface area contributed by atoms with Gasteiger partial charge in [-0.25, -0.2) is 4.98 Å². The number of hydrogen-bond donors (Lipinski definition) is 1. The number of hydrogen-bond acceptors (Lipinski definition) is 4. The van der Waals surface area contributed by atoms with Crippen LogP contribution in [-0.2, 0) is 11.3 Å². The van der Waals surface area contributed by atoms with E-state index >= 15 is 0 Å². The first-order chi connectivity index (χ1) is 9.14. The number of amides is 1. The zero-order chi connectivity index (χ0) is 13.5. The van der Waals surface area contributed by atoms with Gasteiger partial charge < -0.3 is 14.4 Å². The fourth-order valence-corrected chi connectivity index (χ4v) is 2.34. The number of fused-ring (bicyclic) bond motifs is 1. The Morgan fingerprint density at radius 3 is 3.00 bits per heavy atom. The number of aliphatic hydroxyl groups excluding tert-OH is 1. The van der Waals surface area contributed by atoms with Crippen LogP contribution < -0.4 is 0 Å². The first-order valence-corrected chi connectivity index (χ1v) is 6.33. The number of aromatic nitrogens is 1. The number of oxazole rings is 1. The number of carbonyl (C=O) groups excluding carboxylic acids is 1. The van der Waals surface area contributed by atoms with Crippen molar-refractivity contribution in [1.82, 2.24) is 9.88 Å². The number of benzene rings is 1. The highest BCUT2D eigenvalue weighted by atomic mass is 16.3. The van der Waals surface area contributed by atoms with Crippen LogP contribution in [0.25, 0.3) is 11.1 Å². The summed E-state index contributed by atoms with van der Waals surface area (Å²) in [4.78, 5) is 17.9. The summed E-state index contributed by atoms with van der Waals surface area (Å²) in [6.07, 6.45) is 2.98. The second-order valence-electron chi connectivity index (χ2n) is 5.25. The van der Waals surface area contributed by atoms with Gasteiger partial charge in [-0.05, 0) is 30.5 Å². The zero-order valence-corrected chi connectivity index (χ0v) is 10.8. The Labute approximate surface area is 110 Å². The Morgan fingerprint density at radius 2 is 2.32 bits per heavy atom. The number of aliphatic hydroxyl groups is 1. The summed E-state index contributed by atoms with van der Waals surface area (Å²) in [7, 11) is 1.77. The van der Waals surface area contributed by atoms with E-state index in [4.69, 9.17) is 4.42 Å². The standard InChI is InChI=1S/C14H16N2O3/c1-16(13(18)14(8-17)4-5-14)7-10-2-3-11-12(6-10)19-9-15-11/h2-3,6,9,17H,4-5,7-8H2,1H3. The molecule has 1 aromatic heterocycles. The molecule has 100 valence electrons. The van der Waals surface area contributed by atoms with Gasteiger partial charge >= 0.3 is 0 Å². The minimum atomic E-state index is -0.509. The van der Waals surface area contributed by atoms with Gasteiger partial charge in [-0.2, -0.15) is 0 Å². The summed E-state index contributed by atoms with van der Waals surface area (Å²) in [6, 6.07) is 5.71. The summed E-state index contributed by atoms with van der Waals surface area (Å²) < 4.78 is 5.25. The molecule has 0 aliphatic heterocycles. The molecule has 1 amide bonds. The maximum Gasteiger partial charge on any atom is 0.231 e.